The Bertz CT molecular complexity index is 848. The van der Waals surface area contributed by atoms with Crippen LogP contribution in [0.15, 0.2) is 36.5 Å². The number of allylic oxidation sites excluding steroid dienone is 6. The first-order valence-electron chi connectivity index (χ1n) is 19.2. The molecule has 0 saturated carbocycles. The van der Waals surface area contributed by atoms with Gasteiger partial charge in [-0.15, -0.1) is 0 Å². The van der Waals surface area contributed by atoms with Crippen LogP contribution in [0.25, 0.3) is 0 Å². The van der Waals surface area contributed by atoms with Gasteiger partial charge in [-0.3, -0.25) is 4.79 Å². The number of nitrogens with one attached hydrogen (secondary N) is 1. The zero-order chi connectivity index (χ0) is 35.2. The molecule has 280 valence electrons. The fourth-order valence-electron chi connectivity index (χ4n) is 5.88. The molecule has 7 unspecified atom stereocenters. The van der Waals surface area contributed by atoms with Crippen LogP contribution in [0.3, 0.4) is 0 Å². The number of carbonyl (C=O) groups is 1. The van der Waals surface area contributed by atoms with Crippen LogP contribution in [0.1, 0.15) is 149 Å². The van der Waals surface area contributed by atoms with E-state index in [1.165, 1.54) is 51.4 Å². The molecule has 1 heterocycles. The van der Waals surface area contributed by atoms with Crippen LogP contribution in [0.4, 0.5) is 0 Å². The third-order valence-corrected chi connectivity index (χ3v) is 9.01. The standard InChI is InChI=1S/C39H71NO8/c1-3-5-7-9-11-13-14-15-16-17-18-19-20-21-23-25-27-29-35(43)40-32(33(42)28-26-24-22-12-10-8-6-4-2)31-47-39-38(46)37(45)36(44)34(30-41)48-39/h5,7,11,13,15-16,32-34,36-39,41-42,44-46H,3-4,6,8-10,12,14,17-31H2,1-2H3,(H,40,43)/b7-5-,13-11-,16-15-. The summed E-state index contributed by atoms with van der Waals surface area (Å²) in [4.78, 5) is 12.9. The van der Waals surface area contributed by atoms with Crippen LogP contribution in [0.5, 0.6) is 0 Å². The van der Waals surface area contributed by atoms with Crippen LogP contribution in [0, 0.1) is 0 Å². The van der Waals surface area contributed by atoms with Crippen molar-refractivity contribution in [3.8, 4) is 0 Å². The Morgan fingerprint density at radius 3 is 1.92 bits per heavy atom. The van der Waals surface area contributed by atoms with E-state index in [1.807, 2.05) is 0 Å². The summed E-state index contributed by atoms with van der Waals surface area (Å²) in [6.45, 7) is 3.65. The monoisotopic (exact) mass is 682 g/mol. The molecule has 1 aliphatic heterocycles. The number of hydrogen-bond donors (Lipinski definition) is 6. The maximum atomic E-state index is 12.9. The second kappa shape index (κ2) is 30.3. The molecule has 0 spiro atoms. The Morgan fingerprint density at radius 2 is 1.29 bits per heavy atom. The summed E-state index contributed by atoms with van der Waals surface area (Å²) in [6.07, 6.45) is 27.3. The number of amides is 1. The largest absolute Gasteiger partial charge is 0.394 e. The zero-order valence-corrected chi connectivity index (χ0v) is 30.2. The minimum Gasteiger partial charge on any atom is -0.394 e. The normalized spacial score (nSPS) is 23.0. The topological polar surface area (TPSA) is 149 Å². The Morgan fingerprint density at radius 1 is 0.729 bits per heavy atom. The maximum Gasteiger partial charge on any atom is 0.220 e. The first-order valence-corrected chi connectivity index (χ1v) is 19.2. The molecule has 9 nitrogen and oxygen atoms in total. The van der Waals surface area contributed by atoms with Crippen LogP contribution in [-0.2, 0) is 14.3 Å². The van der Waals surface area contributed by atoms with Gasteiger partial charge in [-0.25, -0.2) is 0 Å². The van der Waals surface area contributed by atoms with E-state index in [0.29, 0.717) is 12.8 Å². The van der Waals surface area contributed by atoms with Gasteiger partial charge >= 0.3 is 0 Å². The third-order valence-electron chi connectivity index (χ3n) is 9.01. The number of hydrogen-bond acceptors (Lipinski definition) is 8. The van der Waals surface area contributed by atoms with Gasteiger partial charge in [0.2, 0.25) is 5.91 Å². The molecular formula is C39H71NO8. The quantitative estimate of drug-likeness (QED) is 0.0370. The fraction of sp³-hybridized carbons (Fsp3) is 0.821. The second-order valence-electron chi connectivity index (χ2n) is 13.3. The van der Waals surface area contributed by atoms with Gasteiger partial charge in [-0.1, -0.05) is 134 Å². The number of unbranched alkanes of at least 4 members (excludes halogenated alkanes) is 14. The molecule has 9 heteroatoms. The van der Waals surface area contributed by atoms with Gasteiger partial charge in [0.05, 0.1) is 25.4 Å². The Labute approximate surface area is 291 Å². The Kier molecular flexibility index (Phi) is 28.0. The van der Waals surface area contributed by atoms with Crippen molar-refractivity contribution in [2.24, 2.45) is 0 Å². The van der Waals surface area contributed by atoms with Crippen molar-refractivity contribution in [1.82, 2.24) is 5.32 Å². The third kappa shape index (κ3) is 21.5. The van der Waals surface area contributed by atoms with Gasteiger partial charge < -0.3 is 40.3 Å². The van der Waals surface area contributed by atoms with Crippen LogP contribution >= 0.6 is 0 Å². The number of rotatable bonds is 30. The van der Waals surface area contributed by atoms with E-state index in [2.05, 4.69) is 55.6 Å². The van der Waals surface area contributed by atoms with E-state index >= 15 is 0 Å². The van der Waals surface area contributed by atoms with Gasteiger partial charge in [0.25, 0.3) is 0 Å². The lowest BCUT2D eigenvalue weighted by molar-refractivity contribution is -0.302. The summed E-state index contributed by atoms with van der Waals surface area (Å²) in [5.41, 5.74) is 0. The minimum atomic E-state index is -1.55. The highest BCUT2D eigenvalue weighted by Gasteiger charge is 2.44. The van der Waals surface area contributed by atoms with E-state index in [4.69, 9.17) is 9.47 Å². The molecule has 0 aromatic carbocycles. The van der Waals surface area contributed by atoms with Crippen molar-refractivity contribution in [1.29, 1.82) is 0 Å². The highest BCUT2D eigenvalue weighted by Crippen LogP contribution is 2.23. The number of aliphatic hydroxyl groups is 5. The molecular weight excluding hydrogens is 610 g/mol. The average Bonchev–Trinajstić information content (AvgIpc) is 3.08. The predicted octanol–water partition coefficient (Wildman–Crippen LogP) is 6.55. The molecule has 6 N–H and O–H groups in total. The molecule has 1 amide bonds. The lowest BCUT2D eigenvalue weighted by Gasteiger charge is -2.40. The molecule has 7 atom stereocenters. The number of carbonyl (C=O) groups excluding carboxylic acids is 1. The highest BCUT2D eigenvalue weighted by atomic mass is 16.7. The lowest BCUT2D eigenvalue weighted by Crippen LogP contribution is -2.60. The summed E-state index contributed by atoms with van der Waals surface area (Å²) >= 11 is 0. The summed E-state index contributed by atoms with van der Waals surface area (Å²) in [6, 6.07) is -0.720. The van der Waals surface area contributed by atoms with Crippen molar-refractivity contribution >= 4 is 5.91 Å². The van der Waals surface area contributed by atoms with E-state index < -0.39 is 49.5 Å². The van der Waals surface area contributed by atoms with E-state index in [1.54, 1.807) is 0 Å². The van der Waals surface area contributed by atoms with Gasteiger partial charge in [0.15, 0.2) is 6.29 Å². The van der Waals surface area contributed by atoms with Gasteiger partial charge in [-0.2, -0.15) is 0 Å². The van der Waals surface area contributed by atoms with E-state index in [9.17, 15) is 30.3 Å². The molecule has 0 aliphatic carbocycles. The molecule has 0 bridgehead atoms. The van der Waals surface area contributed by atoms with Gasteiger partial charge in [0, 0.05) is 6.42 Å². The summed E-state index contributed by atoms with van der Waals surface area (Å²) in [5, 5.41) is 53.9. The van der Waals surface area contributed by atoms with Gasteiger partial charge in [0.1, 0.15) is 24.4 Å². The molecule has 1 fully saturated rings. The SMILES string of the molecule is CC/C=C\C/C=C\C/C=C\CCCCCCCCCC(=O)NC(COC1OC(CO)C(O)C(O)C1O)C(O)CCCCCCCCCC. The Balaban J connectivity index is 2.37. The smallest absolute Gasteiger partial charge is 0.220 e. The van der Waals surface area contributed by atoms with Crippen molar-refractivity contribution in [2.45, 2.75) is 192 Å². The van der Waals surface area contributed by atoms with E-state index in [0.717, 1.165) is 70.6 Å². The molecule has 1 rings (SSSR count). The van der Waals surface area contributed by atoms with E-state index in [-0.39, 0.29) is 12.5 Å². The number of ether oxygens (including phenoxy) is 2. The summed E-state index contributed by atoms with van der Waals surface area (Å²) in [7, 11) is 0. The Hall–Kier alpha value is -1.59. The van der Waals surface area contributed by atoms with Crippen LogP contribution in [-0.4, -0.2) is 87.5 Å². The molecule has 1 saturated heterocycles. The van der Waals surface area contributed by atoms with Crippen LogP contribution in [0.2, 0.25) is 0 Å². The first-order chi connectivity index (χ1) is 23.3. The summed E-state index contributed by atoms with van der Waals surface area (Å²) < 4.78 is 11.2. The minimum absolute atomic E-state index is 0.144. The van der Waals surface area contributed by atoms with Crippen molar-refractivity contribution < 1.29 is 39.8 Å². The second-order valence-corrected chi connectivity index (χ2v) is 13.3. The lowest BCUT2D eigenvalue weighted by atomic mass is 9.99. The van der Waals surface area contributed by atoms with Gasteiger partial charge in [-0.05, 0) is 44.9 Å². The van der Waals surface area contributed by atoms with Crippen LogP contribution < -0.4 is 5.32 Å². The number of aliphatic hydroxyl groups excluding tert-OH is 5. The highest BCUT2D eigenvalue weighted by molar-refractivity contribution is 5.76. The first kappa shape index (κ1) is 44.4. The average molecular weight is 682 g/mol. The van der Waals surface area contributed by atoms with Crippen molar-refractivity contribution in [2.75, 3.05) is 13.2 Å². The molecule has 0 aromatic heterocycles. The molecule has 0 aromatic rings. The zero-order valence-electron chi connectivity index (χ0n) is 30.2. The summed E-state index contributed by atoms with van der Waals surface area (Å²) in [5.74, 6) is -0.161. The van der Waals surface area contributed by atoms with Crippen molar-refractivity contribution in [3.63, 3.8) is 0 Å². The van der Waals surface area contributed by atoms with Crippen molar-refractivity contribution in [3.05, 3.63) is 36.5 Å². The molecule has 48 heavy (non-hydrogen) atoms. The predicted molar refractivity (Wildman–Crippen MR) is 193 cm³/mol. The fourth-order valence-corrected chi connectivity index (χ4v) is 5.88. The maximum absolute atomic E-state index is 12.9. The molecule has 0 radical (unpaired) electrons. The molecule has 1 aliphatic rings.